The number of nitrogens with zero attached hydrogens (tertiary/aromatic N) is 1. The predicted molar refractivity (Wildman–Crippen MR) is 65.3 cm³/mol. The van der Waals surface area contributed by atoms with E-state index in [1.54, 1.807) is 11.8 Å². The molecular weight excluding hydrogens is 228 g/mol. The largest absolute Gasteiger partial charge is 0.494 e. The van der Waals surface area contributed by atoms with Crippen LogP contribution in [-0.4, -0.2) is 26.7 Å². The van der Waals surface area contributed by atoms with E-state index in [0.29, 0.717) is 6.54 Å². The molecule has 5 nitrogen and oxygen atoms in total. The van der Waals surface area contributed by atoms with Crippen molar-refractivity contribution in [1.82, 2.24) is 9.55 Å². The molecule has 1 aromatic rings. The van der Waals surface area contributed by atoms with Gasteiger partial charge in [-0.15, -0.1) is 0 Å². The van der Waals surface area contributed by atoms with Gasteiger partial charge in [-0.25, -0.2) is 4.79 Å². The van der Waals surface area contributed by atoms with Crippen molar-refractivity contribution in [3.05, 3.63) is 26.4 Å². The Morgan fingerprint density at radius 3 is 2.69 bits per heavy atom. The van der Waals surface area contributed by atoms with Gasteiger partial charge in [-0.2, -0.15) is 11.8 Å². The molecule has 0 radical (unpaired) electrons. The highest BCUT2D eigenvalue weighted by Crippen LogP contribution is 2.12. The first-order valence-corrected chi connectivity index (χ1v) is 6.38. The summed E-state index contributed by atoms with van der Waals surface area (Å²) < 4.78 is 1.21. The molecule has 1 unspecified atom stereocenters. The third-order valence-electron chi connectivity index (χ3n) is 2.34. The molecule has 0 aliphatic rings. The Morgan fingerprint density at radius 1 is 1.50 bits per heavy atom. The van der Waals surface area contributed by atoms with Crippen LogP contribution in [0.3, 0.4) is 0 Å². The number of hydrogen-bond acceptors (Lipinski definition) is 4. The number of aromatic amines is 1. The topological polar surface area (TPSA) is 75.1 Å². The average molecular weight is 244 g/mol. The van der Waals surface area contributed by atoms with Gasteiger partial charge in [0.15, 0.2) is 0 Å². The Labute approximate surface area is 97.5 Å². The van der Waals surface area contributed by atoms with Crippen LogP contribution in [0.15, 0.2) is 9.59 Å². The van der Waals surface area contributed by atoms with Crippen LogP contribution in [0.5, 0.6) is 5.88 Å². The monoisotopic (exact) mass is 244 g/mol. The van der Waals surface area contributed by atoms with Crippen molar-refractivity contribution >= 4 is 11.8 Å². The Bertz CT molecular complexity index is 478. The molecular formula is C10H16N2O3S. The van der Waals surface area contributed by atoms with E-state index in [1.165, 1.54) is 11.5 Å². The van der Waals surface area contributed by atoms with Crippen LogP contribution >= 0.6 is 11.8 Å². The van der Waals surface area contributed by atoms with Crippen molar-refractivity contribution in [2.75, 3.05) is 12.0 Å². The molecule has 90 valence electrons. The van der Waals surface area contributed by atoms with Crippen LogP contribution < -0.4 is 11.2 Å². The highest BCUT2D eigenvalue weighted by Gasteiger charge is 2.12. The van der Waals surface area contributed by atoms with E-state index in [1.807, 2.05) is 13.2 Å². The van der Waals surface area contributed by atoms with E-state index in [2.05, 4.69) is 4.98 Å². The Kier molecular flexibility index (Phi) is 4.23. The molecule has 0 amide bonds. The lowest BCUT2D eigenvalue weighted by molar-refractivity contribution is 0.374. The Hall–Kier alpha value is -1.17. The van der Waals surface area contributed by atoms with Crippen molar-refractivity contribution in [3.8, 4) is 5.88 Å². The third kappa shape index (κ3) is 2.69. The summed E-state index contributed by atoms with van der Waals surface area (Å²) in [5, 5.41) is 9.71. The number of nitrogens with one attached hydrogen (secondary N) is 1. The molecule has 1 rings (SSSR count). The summed E-state index contributed by atoms with van der Waals surface area (Å²) in [7, 11) is 0. The quantitative estimate of drug-likeness (QED) is 0.811. The average Bonchev–Trinajstić information content (AvgIpc) is 2.22. The standard InChI is InChI=1S/C10H16N2O3S/c1-6(5-16-3)4-12-9(14)7(2)8(13)11-10(12)15/h6,14H,4-5H2,1-3H3,(H,11,13,15). The minimum absolute atomic E-state index is 0.177. The highest BCUT2D eigenvalue weighted by molar-refractivity contribution is 7.98. The molecule has 0 bridgehead atoms. The molecule has 1 heterocycles. The first-order valence-electron chi connectivity index (χ1n) is 4.99. The summed E-state index contributed by atoms with van der Waals surface area (Å²) in [4.78, 5) is 24.9. The zero-order valence-electron chi connectivity index (χ0n) is 9.61. The zero-order chi connectivity index (χ0) is 12.3. The summed E-state index contributed by atoms with van der Waals surface area (Å²) in [6.07, 6.45) is 1.98. The number of hydrogen-bond donors (Lipinski definition) is 2. The van der Waals surface area contributed by atoms with Crippen molar-refractivity contribution in [1.29, 1.82) is 0 Å². The minimum Gasteiger partial charge on any atom is -0.494 e. The van der Waals surface area contributed by atoms with E-state index in [9.17, 15) is 14.7 Å². The lowest BCUT2D eigenvalue weighted by Crippen LogP contribution is -2.33. The normalized spacial score (nSPS) is 12.7. The lowest BCUT2D eigenvalue weighted by Gasteiger charge is -2.14. The molecule has 0 aliphatic carbocycles. The Balaban J connectivity index is 3.10. The van der Waals surface area contributed by atoms with Crippen LogP contribution in [0.1, 0.15) is 12.5 Å². The molecule has 6 heteroatoms. The summed E-state index contributed by atoms with van der Waals surface area (Å²) >= 11 is 1.68. The first kappa shape index (κ1) is 12.9. The second-order valence-corrected chi connectivity index (χ2v) is 4.79. The fraction of sp³-hybridized carbons (Fsp3) is 0.600. The lowest BCUT2D eigenvalue weighted by atomic mass is 10.2. The van der Waals surface area contributed by atoms with Crippen molar-refractivity contribution < 1.29 is 5.11 Å². The SMILES string of the molecule is CSCC(C)Cn1c(O)c(C)c(=O)[nH]c1=O. The maximum absolute atomic E-state index is 11.5. The second-order valence-electron chi connectivity index (χ2n) is 3.88. The summed E-state index contributed by atoms with van der Waals surface area (Å²) in [5.74, 6) is 0.912. The fourth-order valence-electron chi connectivity index (χ4n) is 1.48. The van der Waals surface area contributed by atoms with Gasteiger partial charge in [0, 0.05) is 6.54 Å². The van der Waals surface area contributed by atoms with Crippen LogP contribution in [0.25, 0.3) is 0 Å². The van der Waals surface area contributed by atoms with E-state index < -0.39 is 11.2 Å². The number of aromatic nitrogens is 2. The zero-order valence-corrected chi connectivity index (χ0v) is 10.4. The van der Waals surface area contributed by atoms with Crippen LogP contribution in [0.2, 0.25) is 0 Å². The van der Waals surface area contributed by atoms with Crippen LogP contribution in [0.4, 0.5) is 0 Å². The molecule has 0 aliphatic heterocycles. The summed E-state index contributed by atoms with van der Waals surface area (Å²) in [6.45, 7) is 3.88. The van der Waals surface area contributed by atoms with Gasteiger partial charge in [0.2, 0.25) is 5.88 Å². The first-order chi connectivity index (χ1) is 7.47. The molecule has 1 atom stereocenters. The maximum atomic E-state index is 11.5. The summed E-state index contributed by atoms with van der Waals surface area (Å²) in [6, 6.07) is 0. The molecule has 0 saturated heterocycles. The predicted octanol–water partition coefficient (Wildman–Crippen LogP) is 0.550. The van der Waals surface area contributed by atoms with Gasteiger partial charge in [0.05, 0.1) is 5.56 Å². The fourth-order valence-corrected chi connectivity index (χ4v) is 2.15. The van der Waals surface area contributed by atoms with Gasteiger partial charge in [0.1, 0.15) is 0 Å². The smallest absolute Gasteiger partial charge is 0.331 e. The van der Waals surface area contributed by atoms with Gasteiger partial charge in [-0.3, -0.25) is 14.3 Å². The molecule has 0 spiro atoms. The van der Waals surface area contributed by atoms with Crippen LogP contribution in [0, 0.1) is 12.8 Å². The van der Waals surface area contributed by atoms with Gasteiger partial charge in [-0.05, 0) is 24.9 Å². The third-order valence-corrected chi connectivity index (χ3v) is 3.25. The van der Waals surface area contributed by atoms with E-state index in [-0.39, 0.29) is 17.4 Å². The number of H-pyrrole nitrogens is 1. The highest BCUT2D eigenvalue weighted by atomic mass is 32.2. The molecule has 0 fully saturated rings. The van der Waals surface area contributed by atoms with E-state index in [0.717, 1.165) is 5.75 Å². The molecule has 1 aromatic heterocycles. The number of rotatable bonds is 4. The maximum Gasteiger partial charge on any atom is 0.331 e. The van der Waals surface area contributed by atoms with E-state index in [4.69, 9.17) is 0 Å². The van der Waals surface area contributed by atoms with Gasteiger partial charge in [0.25, 0.3) is 5.56 Å². The van der Waals surface area contributed by atoms with Crippen molar-refractivity contribution in [2.45, 2.75) is 20.4 Å². The number of thioether (sulfide) groups is 1. The van der Waals surface area contributed by atoms with Gasteiger partial charge >= 0.3 is 5.69 Å². The molecule has 0 aromatic carbocycles. The minimum atomic E-state index is -0.555. The molecule has 2 N–H and O–H groups in total. The Morgan fingerprint density at radius 2 is 2.12 bits per heavy atom. The van der Waals surface area contributed by atoms with Gasteiger partial charge < -0.3 is 5.11 Å². The molecule has 0 saturated carbocycles. The number of aromatic hydroxyl groups is 1. The van der Waals surface area contributed by atoms with Gasteiger partial charge in [-0.1, -0.05) is 6.92 Å². The van der Waals surface area contributed by atoms with E-state index >= 15 is 0 Å². The molecule has 16 heavy (non-hydrogen) atoms. The van der Waals surface area contributed by atoms with Crippen LogP contribution in [-0.2, 0) is 6.54 Å². The summed E-state index contributed by atoms with van der Waals surface area (Å²) in [5.41, 5.74) is -0.909. The van der Waals surface area contributed by atoms with Crippen molar-refractivity contribution in [2.24, 2.45) is 5.92 Å². The van der Waals surface area contributed by atoms with Crippen molar-refractivity contribution in [3.63, 3.8) is 0 Å². The second kappa shape index (κ2) is 5.25.